The first-order valence-electron chi connectivity index (χ1n) is 5.86. The fourth-order valence-corrected chi connectivity index (χ4v) is 2.68. The van der Waals surface area contributed by atoms with Gasteiger partial charge in [0.2, 0.25) is 0 Å². The maximum atomic E-state index is 6.24. The molecule has 0 aliphatic heterocycles. The van der Waals surface area contributed by atoms with Crippen molar-refractivity contribution in [3.8, 4) is 17.1 Å². The second-order valence-electron chi connectivity index (χ2n) is 4.22. The minimum atomic E-state index is 0.409. The number of nitrogen functional groups attached to an aromatic ring is 1. The maximum absolute atomic E-state index is 6.24. The fourth-order valence-electron chi connectivity index (χ4n) is 1.89. The van der Waals surface area contributed by atoms with Crippen molar-refractivity contribution in [1.29, 1.82) is 0 Å². The highest BCUT2D eigenvalue weighted by Crippen LogP contribution is 2.33. The summed E-state index contributed by atoms with van der Waals surface area (Å²) in [6.07, 6.45) is 0. The monoisotopic (exact) mass is 383 g/mol. The Kier molecular flexibility index (Phi) is 3.84. The van der Waals surface area contributed by atoms with Gasteiger partial charge in [-0.25, -0.2) is 0 Å². The molecule has 1 heterocycles. The summed E-state index contributed by atoms with van der Waals surface area (Å²) < 4.78 is 2.36. The Balaban J connectivity index is 2.22. The van der Waals surface area contributed by atoms with Gasteiger partial charge in [0.1, 0.15) is 0 Å². The Labute approximate surface area is 138 Å². The van der Waals surface area contributed by atoms with Crippen LogP contribution < -0.4 is 5.73 Å². The van der Waals surface area contributed by atoms with Crippen LogP contribution in [0.1, 0.15) is 0 Å². The summed E-state index contributed by atoms with van der Waals surface area (Å²) in [6.45, 7) is 0. The summed E-state index contributed by atoms with van der Waals surface area (Å²) in [5, 5.41) is 12.7. The number of halogens is 3. The number of nitrogens with zero attached hydrogens (tertiary/aromatic N) is 4. The summed E-state index contributed by atoms with van der Waals surface area (Å²) in [4.78, 5) is 0. The van der Waals surface area contributed by atoms with Gasteiger partial charge in [-0.3, -0.25) is 0 Å². The number of hydrogen-bond donors (Lipinski definition) is 1. The molecule has 0 amide bonds. The average molecular weight is 385 g/mol. The van der Waals surface area contributed by atoms with Crippen molar-refractivity contribution in [1.82, 2.24) is 20.2 Å². The number of benzene rings is 2. The van der Waals surface area contributed by atoms with E-state index >= 15 is 0 Å². The van der Waals surface area contributed by atoms with Crippen LogP contribution >= 0.6 is 39.1 Å². The van der Waals surface area contributed by atoms with E-state index in [4.69, 9.17) is 28.9 Å². The first-order chi connectivity index (χ1) is 10.1. The van der Waals surface area contributed by atoms with Gasteiger partial charge in [0.15, 0.2) is 5.82 Å². The van der Waals surface area contributed by atoms with Crippen LogP contribution in [0, 0.1) is 0 Å². The molecule has 0 atom stereocenters. The van der Waals surface area contributed by atoms with Crippen LogP contribution in [0.25, 0.3) is 17.1 Å². The van der Waals surface area contributed by atoms with Crippen LogP contribution in [0.2, 0.25) is 10.0 Å². The lowest BCUT2D eigenvalue weighted by Gasteiger charge is -2.09. The molecule has 0 aliphatic rings. The van der Waals surface area contributed by atoms with E-state index in [2.05, 4.69) is 31.5 Å². The van der Waals surface area contributed by atoms with E-state index in [0.717, 1.165) is 4.47 Å². The smallest absolute Gasteiger partial charge is 0.188 e. The quantitative estimate of drug-likeness (QED) is 0.678. The van der Waals surface area contributed by atoms with Crippen molar-refractivity contribution < 1.29 is 0 Å². The Hall–Kier alpha value is -1.63. The van der Waals surface area contributed by atoms with Gasteiger partial charge >= 0.3 is 0 Å². The molecule has 2 N–H and O–H groups in total. The molecule has 3 aromatic rings. The average Bonchev–Trinajstić information content (AvgIpc) is 2.93. The van der Waals surface area contributed by atoms with Crippen molar-refractivity contribution in [2.75, 3.05) is 5.73 Å². The summed E-state index contributed by atoms with van der Waals surface area (Å²) in [7, 11) is 0. The lowest BCUT2D eigenvalue weighted by molar-refractivity contribution is 0.789. The number of tetrazole rings is 1. The van der Waals surface area contributed by atoms with E-state index in [-0.39, 0.29) is 0 Å². The third-order valence-corrected chi connectivity index (χ3v) is 4.20. The van der Waals surface area contributed by atoms with E-state index < -0.39 is 0 Å². The van der Waals surface area contributed by atoms with E-state index in [1.807, 2.05) is 6.07 Å². The number of anilines is 1. The Morgan fingerprint density at radius 3 is 2.76 bits per heavy atom. The van der Waals surface area contributed by atoms with Gasteiger partial charge in [-0.2, -0.15) is 4.68 Å². The summed E-state index contributed by atoms with van der Waals surface area (Å²) >= 11 is 15.7. The van der Waals surface area contributed by atoms with Gasteiger partial charge in [0, 0.05) is 15.1 Å². The molecule has 0 unspecified atom stereocenters. The highest BCUT2D eigenvalue weighted by molar-refractivity contribution is 9.10. The predicted octanol–water partition coefficient (Wildman–Crippen LogP) is 3.98. The lowest BCUT2D eigenvalue weighted by Crippen LogP contribution is -2.02. The van der Waals surface area contributed by atoms with Gasteiger partial charge in [-0.1, -0.05) is 29.3 Å². The first-order valence-corrected chi connectivity index (χ1v) is 7.41. The van der Waals surface area contributed by atoms with Crippen molar-refractivity contribution in [2.45, 2.75) is 0 Å². The second kappa shape index (κ2) is 5.63. The standard InChI is InChI=1S/C13H8BrCl2N5/c14-9-5-4-7(15)6-11(9)21-13(18-19-20-21)8-2-1-3-10(17)12(8)16/h1-6H,17H2. The molecule has 106 valence electrons. The normalized spacial score (nSPS) is 10.8. The number of hydrogen-bond acceptors (Lipinski definition) is 4. The van der Waals surface area contributed by atoms with E-state index in [0.29, 0.717) is 32.8 Å². The number of aromatic nitrogens is 4. The van der Waals surface area contributed by atoms with Crippen LogP contribution in [-0.2, 0) is 0 Å². The van der Waals surface area contributed by atoms with Gasteiger partial charge in [0.25, 0.3) is 0 Å². The second-order valence-corrected chi connectivity index (χ2v) is 5.89. The third kappa shape index (κ3) is 2.62. The SMILES string of the molecule is Nc1cccc(-c2nnnn2-c2cc(Cl)ccc2Br)c1Cl. The van der Waals surface area contributed by atoms with Crippen molar-refractivity contribution in [2.24, 2.45) is 0 Å². The van der Waals surface area contributed by atoms with Crippen LogP contribution in [0.15, 0.2) is 40.9 Å². The molecule has 3 rings (SSSR count). The minimum Gasteiger partial charge on any atom is -0.398 e. The molecule has 21 heavy (non-hydrogen) atoms. The molecule has 0 saturated heterocycles. The van der Waals surface area contributed by atoms with Gasteiger partial charge in [-0.15, -0.1) is 5.10 Å². The summed E-state index contributed by atoms with van der Waals surface area (Å²) in [5.41, 5.74) is 7.65. The molecule has 0 spiro atoms. The van der Waals surface area contributed by atoms with Gasteiger partial charge < -0.3 is 5.73 Å². The minimum absolute atomic E-state index is 0.409. The van der Waals surface area contributed by atoms with E-state index in [9.17, 15) is 0 Å². The van der Waals surface area contributed by atoms with Crippen LogP contribution in [-0.4, -0.2) is 20.2 Å². The zero-order valence-corrected chi connectivity index (χ0v) is 13.6. The van der Waals surface area contributed by atoms with Crippen LogP contribution in [0.5, 0.6) is 0 Å². The van der Waals surface area contributed by atoms with Crippen LogP contribution in [0.4, 0.5) is 5.69 Å². The molecule has 0 aliphatic carbocycles. The summed E-state index contributed by atoms with van der Waals surface area (Å²) in [6, 6.07) is 10.7. The molecule has 5 nitrogen and oxygen atoms in total. The van der Waals surface area contributed by atoms with Crippen molar-refractivity contribution >= 4 is 44.8 Å². The molecule has 1 aromatic heterocycles. The van der Waals surface area contributed by atoms with Gasteiger partial charge in [-0.05, 0) is 56.7 Å². The predicted molar refractivity (Wildman–Crippen MR) is 86.7 cm³/mol. The molecular weight excluding hydrogens is 377 g/mol. The van der Waals surface area contributed by atoms with E-state index in [1.54, 1.807) is 35.0 Å². The molecule has 0 bridgehead atoms. The maximum Gasteiger partial charge on any atom is 0.188 e. The molecule has 2 aromatic carbocycles. The lowest BCUT2D eigenvalue weighted by atomic mass is 10.2. The highest BCUT2D eigenvalue weighted by atomic mass is 79.9. The fraction of sp³-hybridized carbons (Fsp3) is 0. The molecular formula is C13H8BrCl2N5. The zero-order valence-electron chi connectivity index (χ0n) is 10.5. The Morgan fingerprint density at radius 1 is 1.14 bits per heavy atom. The topological polar surface area (TPSA) is 69.6 Å². The third-order valence-electron chi connectivity index (χ3n) is 2.88. The number of rotatable bonds is 2. The zero-order chi connectivity index (χ0) is 15.0. The Morgan fingerprint density at radius 2 is 1.95 bits per heavy atom. The van der Waals surface area contributed by atoms with Gasteiger partial charge in [0.05, 0.1) is 16.4 Å². The van der Waals surface area contributed by atoms with E-state index in [1.165, 1.54) is 0 Å². The Bertz CT molecular complexity index is 802. The van der Waals surface area contributed by atoms with Crippen LogP contribution in [0.3, 0.4) is 0 Å². The highest BCUT2D eigenvalue weighted by Gasteiger charge is 2.17. The van der Waals surface area contributed by atoms with Crippen molar-refractivity contribution in [3.05, 3.63) is 50.9 Å². The summed E-state index contributed by atoms with van der Waals surface area (Å²) in [5.74, 6) is 0.482. The largest absolute Gasteiger partial charge is 0.398 e. The first kappa shape index (κ1) is 14.3. The molecule has 0 saturated carbocycles. The molecule has 0 radical (unpaired) electrons. The molecule has 0 fully saturated rings. The molecule has 8 heteroatoms. The van der Waals surface area contributed by atoms with Crippen molar-refractivity contribution in [3.63, 3.8) is 0 Å². The number of nitrogens with two attached hydrogens (primary N) is 1.